The highest BCUT2D eigenvalue weighted by molar-refractivity contribution is 5.28. The second-order valence-corrected chi connectivity index (χ2v) is 6.39. The maximum Gasteiger partial charge on any atom is 0.0354 e. The average Bonchev–Trinajstić information content (AvgIpc) is 3.25. The minimum absolute atomic E-state index is 0.267. The molecule has 2 nitrogen and oxygen atoms in total. The minimum atomic E-state index is 0.267. The summed E-state index contributed by atoms with van der Waals surface area (Å²) in [5.74, 6) is 1.51. The maximum atomic E-state index is 3.65. The molecule has 0 radical (unpaired) electrons. The first-order valence-electron chi connectivity index (χ1n) is 8.00. The molecule has 3 unspecified atom stereocenters. The Hall–Kier alpha value is -0.860. The Morgan fingerprint density at radius 1 is 1.20 bits per heavy atom. The van der Waals surface area contributed by atoms with Gasteiger partial charge >= 0.3 is 0 Å². The Bertz CT molecular complexity index is 409. The van der Waals surface area contributed by atoms with Crippen molar-refractivity contribution in [3.8, 4) is 0 Å². The Balaban J connectivity index is 2.18. The molecule has 0 bridgehead atoms. The summed E-state index contributed by atoms with van der Waals surface area (Å²) in [6, 6.07) is 11.6. The van der Waals surface area contributed by atoms with Crippen LogP contribution in [0.3, 0.4) is 0 Å². The predicted octanol–water partition coefficient (Wildman–Crippen LogP) is 3.50. The molecule has 1 aliphatic rings. The first kappa shape index (κ1) is 15.5. The number of hydrogen-bond donors (Lipinski definition) is 1. The summed E-state index contributed by atoms with van der Waals surface area (Å²) in [6.07, 6.45) is 3.71. The van der Waals surface area contributed by atoms with E-state index in [1.54, 1.807) is 0 Å². The van der Waals surface area contributed by atoms with Gasteiger partial charge in [-0.1, -0.05) is 44.2 Å². The zero-order chi connectivity index (χ0) is 14.8. The molecule has 1 aromatic rings. The lowest BCUT2D eigenvalue weighted by Crippen LogP contribution is -2.59. The van der Waals surface area contributed by atoms with Crippen LogP contribution < -0.4 is 5.32 Å². The van der Waals surface area contributed by atoms with Crippen LogP contribution in [0.2, 0.25) is 0 Å². The summed E-state index contributed by atoms with van der Waals surface area (Å²) in [5.41, 5.74) is 1.78. The molecule has 112 valence electrons. The molecule has 0 amide bonds. The van der Waals surface area contributed by atoms with Crippen molar-refractivity contribution >= 4 is 0 Å². The first-order valence-corrected chi connectivity index (χ1v) is 8.00. The summed E-state index contributed by atoms with van der Waals surface area (Å²) in [4.78, 5) is 2.44. The van der Waals surface area contributed by atoms with E-state index >= 15 is 0 Å². The molecule has 1 N–H and O–H groups in total. The van der Waals surface area contributed by atoms with Gasteiger partial charge in [0.1, 0.15) is 0 Å². The quantitative estimate of drug-likeness (QED) is 0.818. The lowest BCUT2D eigenvalue weighted by atomic mass is 9.80. The highest BCUT2D eigenvalue weighted by Gasteiger charge is 2.51. The van der Waals surface area contributed by atoms with Gasteiger partial charge in [0.05, 0.1) is 0 Å². The fraction of sp³-hybridized carbons (Fsp3) is 0.667. The van der Waals surface area contributed by atoms with Gasteiger partial charge in [-0.25, -0.2) is 0 Å². The SMILES string of the molecule is CCC(CC)(C(NC)C1CC1c1ccccc1)N(C)C. The molecule has 0 aliphatic heterocycles. The van der Waals surface area contributed by atoms with Gasteiger partial charge in [-0.2, -0.15) is 0 Å². The summed E-state index contributed by atoms with van der Waals surface area (Å²) >= 11 is 0. The Morgan fingerprint density at radius 3 is 2.25 bits per heavy atom. The molecule has 0 heterocycles. The monoisotopic (exact) mass is 274 g/mol. The van der Waals surface area contributed by atoms with Crippen molar-refractivity contribution in [3.05, 3.63) is 35.9 Å². The molecule has 20 heavy (non-hydrogen) atoms. The van der Waals surface area contributed by atoms with Crippen molar-refractivity contribution in [1.82, 2.24) is 10.2 Å². The number of benzene rings is 1. The average molecular weight is 274 g/mol. The van der Waals surface area contributed by atoms with Crippen molar-refractivity contribution < 1.29 is 0 Å². The zero-order valence-electron chi connectivity index (χ0n) is 13.7. The van der Waals surface area contributed by atoms with E-state index in [0.717, 1.165) is 11.8 Å². The van der Waals surface area contributed by atoms with E-state index in [-0.39, 0.29) is 5.54 Å². The van der Waals surface area contributed by atoms with Gasteiger partial charge in [-0.05, 0) is 57.8 Å². The van der Waals surface area contributed by atoms with Gasteiger partial charge in [0.25, 0.3) is 0 Å². The molecular formula is C18H30N2. The third-order valence-electron chi connectivity index (χ3n) is 5.50. The molecule has 3 atom stereocenters. The van der Waals surface area contributed by atoms with Crippen molar-refractivity contribution in [2.45, 2.75) is 50.6 Å². The summed E-state index contributed by atoms with van der Waals surface area (Å²) in [5, 5.41) is 3.65. The molecule has 1 aromatic carbocycles. The molecule has 2 heteroatoms. The van der Waals surface area contributed by atoms with E-state index in [0.29, 0.717) is 6.04 Å². The van der Waals surface area contributed by atoms with Crippen LogP contribution in [-0.4, -0.2) is 37.6 Å². The number of nitrogens with one attached hydrogen (secondary N) is 1. The van der Waals surface area contributed by atoms with Gasteiger partial charge in [0.2, 0.25) is 0 Å². The van der Waals surface area contributed by atoms with Gasteiger partial charge < -0.3 is 10.2 Å². The van der Waals surface area contributed by atoms with Crippen molar-refractivity contribution in [1.29, 1.82) is 0 Å². The van der Waals surface area contributed by atoms with E-state index in [1.165, 1.54) is 24.8 Å². The highest BCUT2D eigenvalue weighted by atomic mass is 15.2. The number of likely N-dealkylation sites (N-methyl/N-ethyl adjacent to an activating group) is 2. The van der Waals surface area contributed by atoms with Gasteiger partial charge in [-0.15, -0.1) is 0 Å². The van der Waals surface area contributed by atoms with E-state index in [9.17, 15) is 0 Å². The third kappa shape index (κ3) is 2.64. The molecular weight excluding hydrogens is 244 g/mol. The summed E-state index contributed by atoms with van der Waals surface area (Å²) in [7, 11) is 6.60. The van der Waals surface area contributed by atoms with Crippen molar-refractivity contribution in [2.75, 3.05) is 21.1 Å². The smallest absolute Gasteiger partial charge is 0.0354 e. The maximum absolute atomic E-state index is 3.65. The summed E-state index contributed by atoms with van der Waals surface area (Å²) in [6.45, 7) is 4.65. The second-order valence-electron chi connectivity index (χ2n) is 6.39. The molecule has 0 saturated heterocycles. The lowest BCUT2D eigenvalue weighted by Gasteiger charge is -2.45. The van der Waals surface area contributed by atoms with Crippen LogP contribution in [-0.2, 0) is 0 Å². The fourth-order valence-corrected chi connectivity index (χ4v) is 4.15. The molecule has 2 rings (SSSR count). The normalized spacial score (nSPS) is 23.9. The minimum Gasteiger partial charge on any atom is -0.315 e. The molecule has 1 fully saturated rings. The fourth-order valence-electron chi connectivity index (χ4n) is 4.15. The molecule has 1 aliphatic carbocycles. The molecule has 1 saturated carbocycles. The Morgan fingerprint density at radius 2 is 1.80 bits per heavy atom. The van der Waals surface area contributed by atoms with Gasteiger partial charge in [-0.3, -0.25) is 0 Å². The first-order chi connectivity index (χ1) is 9.60. The van der Waals surface area contributed by atoms with E-state index in [4.69, 9.17) is 0 Å². The van der Waals surface area contributed by atoms with Crippen molar-refractivity contribution in [2.24, 2.45) is 5.92 Å². The van der Waals surface area contributed by atoms with Gasteiger partial charge in [0.15, 0.2) is 0 Å². The largest absolute Gasteiger partial charge is 0.315 e. The number of hydrogen-bond acceptors (Lipinski definition) is 2. The standard InChI is InChI=1S/C18H30N2/c1-6-18(7-2,20(4)5)17(19-3)16-13-15(16)14-11-9-8-10-12-14/h8-12,15-17,19H,6-7,13H2,1-5H3. The van der Waals surface area contributed by atoms with E-state index in [2.05, 4.69) is 75.5 Å². The van der Waals surface area contributed by atoms with Crippen LogP contribution in [0.5, 0.6) is 0 Å². The zero-order valence-corrected chi connectivity index (χ0v) is 13.7. The molecule has 0 aromatic heterocycles. The summed E-state index contributed by atoms with van der Waals surface area (Å²) < 4.78 is 0. The van der Waals surface area contributed by atoms with Crippen molar-refractivity contribution in [3.63, 3.8) is 0 Å². The third-order valence-corrected chi connectivity index (χ3v) is 5.50. The Kier molecular flexibility index (Phi) is 4.87. The van der Waals surface area contributed by atoms with Crippen LogP contribution in [0.4, 0.5) is 0 Å². The highest BCUT2D eigenvalue weighted by Crippen LogP contribution is 2.52. The number of nitrogens with zero attached hydrogens (tertiary/aromatic N) is 1. The van der Waals surface area contributed by atoms with Crippen LogP contribution in [0, 0.1) is 5.92 Å². The number of rotatable bonds is 7. The predicted molar refractivity (Wildman–Crippen MR) is 87.1 cm³/mol. The van der Waals surface area contributed by atoms with Crippen LogP contribution in [0.25, 0.3) is 0 Å². The lowest BCUT2D eigenvalue weighted by molar-refractivity contribution is 0.0809. The van der Waals surface area contributed by atoms with E-state index in [1.807, 2.05) is 0 Å². The topological polar surface area (TPSA) is 15.3 Å². The van der Waals surface area contributed by atoms with Crippen LogP contribution in [0.15, 0.2) is 30.3 Å². The van der Waals surface area contributed by atoms with Crippen LogP contribution >= 0.6 is 0 Å². The van der Waals surface area contributed by atoms with E-state index < -0.39 is 0 Å². The van der Waals surface area contributed by atoms with Crippen LogP contribution in [0.1, 0.15) is 44.6 Å². The molecule has 0 spiro atoms. The Labute approximate surface area is 124 Å². The van der Waals surface area contributed by atoms with Gasteiger partial charge in [0, 0.05) is 11.6 Å². The second kappa shape index (κ2) is 6.28.